The van der Waals surface area contributed by atoms with E-state index in [1.165, 1.54) is 70.6 Å². The van der Waals surface area contributed by atoms with Crippen LogP contribution in [0.3, 0.4) is 0 Å². The molecule has 0 aromatic heterocycles. The highest BCUT2D eigenvalue weighted by atomic mass is 16.4. The van der Waals surface area contributed by atoms with Crippen molar-refractivity contribution in [3.05, 3.63) is 24.3 Å². The fourth-order valence-electron chi connectivity index (χ4n) is 2.79. The molecule has 0 heterocycles. The summed E-state index contributed by atoms with van der Waals surface area (Å²) in [6.07, 6.45) is 22.4. The van der Waals surface area contributed by atoms with Crippen molar-refractivity contribution in [3.63, 3.8) is 0 Å². The number of rotatable bonds is 21. The molecule has 0 saturated carbocycles. The number of aliphatic hydroxyl groups excluding tert-OH is 4. The molecule has 0 aromatic carbocycles. The monoisotopic (exact) mass is 534 g/mol. The quantitative estimate of drug-likeness (QED) is 0.0647. The summed E-state index contributed by atoms with van der Waals surface area (Å²) in [4.78, 5) is 29.4. The Hall–Kier alpha value is -2.27. The maximum absolute atomic E-state index is 10.3. The molecule has 10 nitrogen and oxygen atoms in total. The van der Waals surface area contributed by atoms with Crippen LogP contribution in [0.25, 0.3) is 0 Å². The van der Waals surface area contributed by atoms with Crippen molar-refractivity contribution < 1.29 is 50.1 Å². The number of hydrogen-bond donors (Lipinski definition) is 7. The third-order valence-corrected chi connectivity index (χ3v) is 5.36. The minimum absolute atomic E-state index is 0.332. The van der Waals surface area contributed by atoms with Crippen molar-refractivity contribution in [1.29, 1.82) is 0 Å². The van der Waals surface area contributed by atoms with Crippen molar-refractivity contribution >= 4 is 17.9 Å². The van der Waals surface area contributed by atoms with Gasteiger partial charge in [0.05, 0.1) is 31.8 Å². The summed E-state index contributed by atoms with van der Waals surface area (Å²) >= 11 is 0. The van der Waals surface area contributed by atoms with Gasteiger partial charge in [0.15, 0.2) is 0 Å². The summed E-state index contributed by atoms with van der Waals surface area (Å²) in [6, 6.07) is 0. The molecule has 218 valence electrons. The zero-order valence-corrected chi connectivity index (χ0v) is 22.4. The fraction of sp³-hybridized carbons (Fsp3) is 0.741. The van der Waals surface area contributed by atoms with Gasteiger partial charge in [0.1, 0.15) is 0 Å². The van der Waals surface area contributed by atoms with Crippen molar-refractivity contribution in [2.75, 3.05) is 26.4 Å². The summed E-state index contributed by atoms with van der Waals surface area (Å²) in [5.41, 5.74) is -1.11. The van der Waals surface area contributed by atoms with Gasteiger partial charge in [-0.3, -0.25) is 4.79 Å². The number of aliphatic hydroxyl groups is 4. The summed E-state index contributed by atoms with van der Waals surface area (Å²) in [7, 11) is 0. The molecule has 0 aliphatic rings. The van der Waals surface area contributed by atoms with E-state index in [0.717, 1.165) is 12.8 Å². The fourth-order valence-corrected chi connectivity index (χ4v) is 2.79. The highest BCUT2D eigenvalue weighted by molar-refractivity contribution is 5.89. The molecule has 0 fully saturated rings. The minimum atomic E-state index is -1.26. The summed E-state index contributed by atoms with van der Waals surface area (Å²) < 4.78 is 0. The van der Waals surface area contributed by atoms with Crippen LogP contribution in [-0.4, -0.2) is 80.1 Å². The molecule has 0 aliphatic heterocycles. The van der Waals surface area contributed by atoms with Crippen LogP contribution in [0.4, 0.5) is 0 Å². The first kappa shape index (κ1) is 39.2. The lowest BCUT2D eigenvalue weighted by Crippen LogP contribution is -2.37. The third kappa shape index (κ3) is 33.7. The number of aliphatic carboxylic acids is 3. The van der Waals surface area contributed by atoms with Crippen molar-refractivity contribution in [1.82, 2.24) is 0 Å². The van der Waals surface area contributed by atoms with Crippen LogP contribution in [0.1, 0.15) is 96.8 Å². The van der Waals surface area contributed by atoms with E-state index >= 15 is 0 Å². The van der Waals surface area contributed by atoms with Gasteiger partial charge in [-0.25, -0.2) is 9.59 Å². The zero-order valence-electron chi connectivity index (χ0n) is 22.4. The maximum atomic E-state index is 10.3. The van der Waals surface area contributed by atoms with E-state index in [-0.39, 0.29) is 0 Å². The minimum Gasteiger partial charge on any atom is -0.481 e. The Morgan fingerprint density at radius 3 is 1.22 bits per heavy atom. The number of carbonyl (C=O) groups is 3. The molecule has 0 radical (unpaired) electrons. The standard InChI is InChI=1S/C18H34O2.C5H12O4.C4H4O4/c1-2-3-4-5-6-7-8-9-10-11-12-13-14-15-16-17-18(19)20;6-1-5(2-7,3-8)4-9;5-3(6)1-2-4(7)8/h9-10H,2-8,11-17H2,1H3,(H,19,20);6-9H,1-4H2;1-2H,(H,5,6)(H,7,8)/b10-9-;;2-1-. The molecule has 0 saturated heterocycles. The molecule has 0 spiro atoms. The smallest absolute Gasteiger partial charge is 0.328 e. The molecule has 0 amide bonds. The molecule has 0 aromatic rings. The number of unbranched alkanes of at least 4 members (excludes halogenated alkanes) is 11. The van der Waals surface area contributed by atoms with Gasteiger partial charge >= 0.3 is 17.9 Å². The molecule has 0 unspecified atom stereocenters. The van der Waals surface area contributed by atoms with Crippen LogP contribution in [0.15, 0.2) is 24.3 Å². The Morgan fingerprint density at radius 1 is 0.568 bits per heavy atom. The van der Waals surface area contributed by atoms with E-state index in [1.54, 1.807) is 0 Å². The first-order valence-corrected chi connectivity index (χ1v) is 13.1. The number of carboxylic acid groups (broad SMARTS) is 3. The lowest BCUT2D eigenvalue weighted by atomic mass is 9.93. The Labute approximate surface area is 221 Å². The zero-order chi connectivity index (χ0) is 28.8. The highest BCUT2D eigenvalue weighted by Crippen LogP contribution is 2.12. The summed E-state index contributed by atoms with van der Waals surface area (Å²) in [5, 5.41) is 58.1. The lowest BCUT2D eigenvalue weighted by molar-refractivity contribution is -0.137. The largest absolute Gasteiger partial charge is 0.481 e. The molecule has 0 bridgehead atoms. The van der Waals surface area contributed by atoms with Crippen LogP contribution in [-0.2, 0) is 14.4 Å². The molecule has 37 heavy (non-hydrogen) atoms. The first-order chi connectivity index (χ1) is 17.6. The van der Waals surface area contributed by atoms with E-state index in [9.17, 15) is 14.4 Å². The van der Waals surface area contributed by atoms with Crippen LogP contribution in [0.2, 0.25) is 0 Å². The molecule has 0 aliphatic carbocycles. The summed E-state index contributed by atoms with van der Waals surface area (Å²) in [5.74, 6) is -3.18. The predicted octanol–water partition coefficient (Wildman–Crippen LogP) is 3.76. The predicted molar refractivity (Wildman–Crippen MR) is 142 cm³/mol. The van der Waals surface area contributed by atoms with Crippen molar-refractivity contribution in [2.24, 2.45) is 5.41 Å². The van der Waals surface area contributed by atoms with E-state index in [0.29, 0.717) is 18.6 Å². The Balaban J connectivity index is -0.000000559. The van der Waals surface area contributed by atoms with Crippen LogP contribution >= 0.6 is 0 Å². The molecule has 7 N–H and O–H groups in total. The van der Waals surface area contributed by atoms with Gasteiger partial charge in [-0.05, 0) is 32.1 Å². The molecule has 10 heteroatoms. The lowest BCUT2D eigenvalue weighted by Gasteiger charge is -2.23. The topological polar surface area (TPSA) is 193 Å². The van der Waals surface area contributed by atoms with Gasteiger partial charge in [-0.15, -0.1) is 0 Å². The van der Waals surface area contributed by atoms with Crippen molar-refractivity contribution in [3.8, 4) is 0 Å². The van der Waals surface area contributed by atoms with Crippen LogP contribution in [0, 0.1) is 5.41 Å². The molecular weight excluding hydrogens is 484 g/mol. The maximum Gasteiger partial charge on any atom is 0.328 e. The van der Waals surface area contributed by atoms with Gasteiger partial charge in [-0.2, -0.15) is 0 Å². The van der Waals surface area contributed by atoms with Gasteiger partial charge in [0.2, 0.25) is 0 Å². The molecule has 0 atom stereocenters. The second-order valence-electron chi connectivity index (χ2n) is 8.87. The van der Waals surface area contributed by atoms with E-state index < -0.39 is 49.8 Å². The van der Waals surface area contributed by atoms with Crippen molar-refractivity contribution in [2.45, 2.75) is 96.8 Å². The van der Waals surface area contributed by atoms with Gasteiger partial charge < -0.3 is 35.7 Å². The van der Waals surface area contributed by atoms with E-state index in [1.807, 2.05) is 0 Å². The van der Waals surface area contributed by atoms with Gasteiger partial charge in [0, 0.05) is 18.6 Å². The second kappa shape index (κ2) is 30.0. The highest BCUT2D eigenvalue weighted by Gasteiger charge is 2.26. The first-order valence-electron chi connectivity index (χ1n) is 13.1. The Kier molecular flexibility index (Phi) is 31.8. The van der Waals surface area contributed by atoms with E-state index in [4.69, 9.17) is 35.7 Å². The molecular formula is C27H50O10. The Morgan fingerprint density at radius 2 is 0.919 bits per heavy atom. The van der Waals surface area contributed by atoms with Crippen LogP contribution < -0.4 is 0 Å². The SMILES string of the molecule is CCCCCCCC/C=C\CCCCCCCC(=O)O.O=C(O)/C=C\C(=O)O.OCC(CO)(CO)CO. The van der Waals surface area contributed by atoms with Gasteiger partial charge in [0.25, 0.3) is 0 Å². The van der Waals surface area contributed by atoms with E-state index in [2.05, 4.69) is 19.1 Å². The number of carboxylic acids is 3. The average molecular weight is 535 g/mol. The van der Waals surface area contributed by atoms with Gasteiger partial charge in [-0.1, -0.05) is 70.4 Å². The summed E-state index contributed by atoms with van der Waals surface area (Å²) in [6.45, 7) is 0.634. The average Bonchev–Trinajstić information content (AvgIpc) is 2.87. The Bertz CT molecular complexity index is 564. The molecule has 0 rings (SSSR count). The third-order valence-electron chi connectivity index (χ3n) is 5.36. The number of allylic oxidation sites excluding steroid dienone is 2. The van der Waals surface area contributed by atoms with Crippen LogP contribution in [0.5, 0.6) is 0 Å². The normalized spacial score (nSPS) is 11.1. The second-order valence-corrected chi connectivity index (χ2v) is 8.87. The number of hydrogen-bond acceptors (Lipinski definition) is 7.